The molecule has 0 unspecified atom stereocenters. The molecule has 1 aromatic heterocycles. The van der Waals surface area contributed by atoms with Crippen molar-refractivity contribution in [1.29, 1.82) is 0 Å². The van der Waals surface area contributed by atoms with Gasteiger partial charge in [0.2, 0.25) is 0 Å². The minimum atomic E-state index is -0.864. The molecule has 0 aliphatic rings. The predicted octanol–water partition coefficient (Wildman–Crippen LogP) is 1.29. The fourth-order valence-electron chi connectivity index (χ4n) is 0.640. The number of hydrogen-bond acceptors (Lipinski definition) is 5. The molecule has 1 amide bonds. The Labute approximate surface area is 79.9 Å². The van der Waals surface area contributed by atoms with Crippen LogP contribution in [0.25, 0.3) is 0 Å². The van der Waals surface area contributed by atoms with Gasteiger partial charge in [0.1, 0.15) is 5.01 Å². The number of aromatic nitrogens is 2. The Bertz CT molecular complexity index is 316. The van der Waals surface area contributed by atoms with Crippen LogP contribution in [0.5, 0.6) is 5.19 Å². The quantitative estimate of drug-likeness (QED) is 0.742. The van der Waals surface area contributed by atoms with E-state index >= 15 is 0 Å². The van der Waals surface area contributed by atoms with E-state index in [4.69, 9.17) is 5.73 Å². The highest BCUT2D eigenvalue weighted by Crippen LogP contribution is 2.28. The summed E-state index contributed by atoms with van der Waals surface area (Å²) in [5.74, 6) is 0. The van der Waals surface area contributed by atoms with Gasteiger partial charge in [0, 0.05) is 5.41 Å². The summed E-state index contributed by atoms with van der Waals surface area (Å²) in [6.45, 7) is 6.00. The maximum Gasteiger partial charge on any atom is 0.411 e. The zero-order valence-electron chi connectivity index (χ0n) is 7.70. The summed E-state index contributed by atoms with van der Waals surface area (Å²) < 4.78 is 4.57. The number of carbonyl (C=O) groups is 1. The minimum absolute atomic E-state index is 0.0864. The fraction of sp³-hybridized carbons (Fsp3) is 0.571. The molecule has 0 bridgehead atoms. The molecule has 6 heteroatoms. The number of primary amides is 1. The zero-order chi connectivity index (χ0) is 10.1. The summed E-state index contributed by atoms with van der Waals surface area (Å²) in [5.41, 5.74) is 4.73. The summed E-state index contributed by atoms with van der Waals surface area (Å²) in [5, 5.41) is 8.55. The second-order valence-corrected chi connectivity index (χ2v) is 4.48. The highest BCUT2D eigenvalue weighted by molar-refractivity contribution is 7.13. The number of amides is 1. The lowest BCUT2D eigenvalue weighted by Gasteiger charge is -2.11. The monoisotopic (exact) mass is 201 g/mol. The zero-order valence-corrected chi connectivity index (χ0v) is 8.51. The van der Waals surface area contributed by atoms with E-state index in [0.29, 0.717) is 0 Å². The van der Waals surface area contributed by atoms with Gasteiger partial charge in [0.15, 0.2) is 0 Å². The number of nitrogens with zero attached hydrogens (tertiary/aromatic N) is 2. The Morgan fingerprint density at radius 3 is 2.46 bits per heavy atom. The summed E-state index contributed by atoms with van der Waals surface area (Å²) in [7, 11) is 0. The van der Waals surface area contributed by atoms with Crippen LogP contribution < -0.4 is 10.5 Å². The third-order valence-electron chi connectivity index (χ3n) is 1.24. The van der Waals surface area contributed by atoms with Crippen LogP contribution in [0.1, 0.15) is 25.8 Å². The van der Waals surface area contributed by atoms with Gasteiger partial charge >= 0.3 is 11.3 Å². The average molecular weight is 201 g/mol. The predicted molar refractivity (Wildman–Crippen MR) is 48.8 cm³/mol. The lowest BCUT2D eigenvalue weighted by atomic mass is 9.98. The molecule has 0 aliphatic heterocycles. The summed E-state index contributed by atoms with van der Waals surface area (Å²) in [6, 6.07) is 0. The van der Waals surface area contributed by atoms with Gasteiger partial charge in [0.05, 0.1) is 0 Å². The Kier molecular flexibility index (Phi) is 2.51. The van der Waals surface area contributed by atoms with Crippen molar-refractivity contribution < 1.29 is 9.53 Å². The second kappa shape index (κ2) is 3.29. The van der Waals surface area contributed by atoms with Crippen molar-refractivity contribution in [2.75, 3.05) is 0 Å². The molecule has 0 atom stereocenters. The van der Waals surface area contributed by atoms with E-state index in [9.17, 15) is 4.79 Å². The molecule has 1 rings (SSSR count). The molecule has 0 spiro atoms. The van der Waals surface area contributed by atoms with E-state index in [0.717, 1.165) is 5.01 Å². The minimum Gasteiger partial charge on any atom is -0.380 e. The summed E-state index contributed by atoms with van der Waals surface area (Å²) in [4.78, 5) is 10.4. The van der Waals surface area contributed by atoms with Gasteiger partial charge < -0.3 is 10.5 Å². The van der Waals surface area contributed by atoms with Gasteiger partial charge in [-0.25, -0.2) is 4.79 Å². The van der Waals surface area contributed by atoms with Gasteiger partial charge in [-0.15, -0.1) is 5.10 Å². The molecule has 0 saturated carbocycles. The van der Waals surface area contributed by atoms with Crippen molar-refractivity contribution in [2.45, 2.75) is 26.2 Å². The van der Waals surface area contributed by atoms with E-state index in [1.54, 1.807) is 0 Å². The van der Waals surface area contributed by atoms with Gasteiger partial charge in [-0.1, -0.05) is 37.2 Å². The van der Waals surface area contributed by atoms with Crippen LogP contribution in [-0.2, 0) is 5.41 Å². The van der Waals surface area contributed by atoms with Crippen LogP contribution in [0.15, 0.2) is 0 Å². The topological polar surface area (TPSA) is 78.1 Å². The lowest BCUT2D eigenvalue weighted by molar-refractivity contribution is 0.210. The largest absolute Gasteiger partial charge is 0.411 e. The summed E-state index contributed by atoms with van der Waals surface area (Å²) in [6.07, 6.45) is -0.864. The normalized spacial score (nSPS) is 11.3. The fourth-order valence-corrected chi connectivity index (χ4v) is 1.40. The molecule has 0 aliphatic carbocycles. The molecule has 0 aromatic carbocycles. The first-order valence-corrected chi connectivity index (χ1v) is 4.52. The van der Waals surface area contributed by atoms with Crippen LogP contribution in [0.3, 0.4) is 0 Å². The molecule has 1 aromatic rings. The Hall–Kier alpha value is -1.17. The third kappa shape index (κ3) is 2.66. The second-order valence-electron chi connectivity index (χ2n) is 3.54. The van der Waals surface area contributed by atoms with Gasteiger partial charge in [-0.3, -0.25) is 0 Å². The molecular formula is C7H11N3O2S. The first kappa shape index (κ1) is 9.91. The van der Waals surface area contributed by atoms with Crippen molar-refractivity contribution in [3.8, 4) is 5.19 Å². The van der Waals surface area contributed by atoms with Gasteiger partial charge in [0.25, 0.3) is 0 Å². The van der Waals surface area contributed by atoms with Crippen molar-refractivity contribution in [2.24, 2.45) is 5.73 Å². The number of rotatable bonds is 1. The van der Waals surface area contributed by atoms with Crippen LogP contribution in [0, 0.1) is 0 Å². The lowest BCUT2D eigenvalue weighted by Crippen LogP contribution is -2.15. The van der Waals surface area contributed by atoms with E-state index in [1.165, 1.54) is 11.3 Å². The molecule has 5 nitrogen and oxygen atoms in total. The first-order chi connectivity index (χ1) is 5.89. The van der Waals surface area contributed by atoms with E-state index in [1.807, 2.05) is 20.8 Å². The first-order valence-electron chi connectivity index (χ1n) is 3.71. The highest BCUT2D eigenvalue weighted by atomic mass is 32.1. The SMILES string of the molecule is CC(C)(C)c1nnc(OC(N)=O)s1. The third-order valence-corrected chi connectivity index (χ3v) is 2.46. The Morgan fingerprint density at radius 1 is 1.46 bits per heavy atom. The van der Waals surface area contributed by atoms with E-state index in [2.05, 4.69) is 14.9 Å². The molecule has 0 fully saturated rings. The van der Waals surface area contributed by atoms with Crippen LogP contribution >= 0.6 is 11.3 Å². The smallest absolute Gasteiger partial charge is 0.380 e. The van der Waals surface area contributed by atoms with Crippen molar-refractivity contribution >= 4 is 17.4 Å². The van der Waals surface area contributed by atoms with Crippen molar-refractivity contribution in [1.82, 2.24) is 10.2 Å². The Morgan fingerprint density at radius 2 is 2.08 bits per heavy atom. The van der Waals surface area contributed by atoms with E-state index in [-0.39, 0.29) is 10.6 Å². The summed E-state index contributed by atoms with van der Waals surface area (Å²) >= 11 is 1.22. The van der Waals surface area contributed by atoms with Crippen LogP contribution in [0.2, 0.25) is 0 Å². The number of nitrogens with two attached hydrogens (primary N) is 1. The number of carbonyl (C=O) groups excluding carboxylic acids is 1. The van der Waals surface area contributed by atoms with Gasteiger partial charge in [-0.2, -0.15) is 0 Å². The molecule has 1 heterocycles. The molecule has 0 saturated heterocycles. The molecule has 72 valence electrons. The number of hydrogen-bond donors (Lipinski definition) is 1. The molecule has 2 N–H and O–H groups in total. The van der Waals surface area contributed by atoms with Gasteiger partial charge in [-0.05, 0) is 0 Å². The number of ether oxygens (including phenoxy) is 1. The van der Waals surface area contributed by atoms with Crippen molar-refractivity contribution in [3.63, 3.8) is 0 Å². The van der Waals surface area contributed by atoms with E-state index < -0.39 is 6.09 Å². The molecule has 13 heavy (non-hydrogen) atoms. The highest BCUT2D eigenvalue weighted by Gasteiger charge is 2.20. The molecule has 0 radical (unpaired) electrons. The van der Waals surface area contributed by atoms with Crippen molar-refractivity contribution in [3.05, 3.63) is 5.01 Å². The molecular weight excluding hydrogens is 190 g/mol. The van der Waals surface area contributed by atoms with Crippen LogP contribution in [0.4, 0.5) is 4.79 Å². The maximum atomic E-state index is 10.4. The van der Waals surface area contributed by atoms with Crippen LogP contribution in [-0.4, -0.2) is 16.3 Å². The average Bonchev–Trinajstić information content (AvgIpc) is 2.32. The maximum absolute atomic E-state index is 10.4. The Balaban J connectivity index is 2.81. The standard InChI is InChI=1S/C7H11N3O2S/c1-7(2,3)4-9-10-6(13-4)12-5(8)11/h1-3H3,(H2,8,11).